The Kier molecular flexibility index (Phi) is 5.88. The van der Waals surface area contributed by atoms with Gasteiger partial charge >= 0.3 is 0 Å². The lowest BCUT2D eigenvalue weighted by Crippen LogP contribution is -2.51. The lowest BCUT2D eigenvalue weighted by molar-refractivity contribution is -0.135. The molecule has 2 aliphatic heterocycles. The summed E-state index contributed by atoms with van der Waals surface area (Å²) in [6, 6.07) is 7.86. The number of rotatable bonds is 3. The van der Waals surface area contributed by atoms with Crippen LogP contribution in [0.25, 0.3) is 0 Å². The van der Waals surface area contributed by atoms with E-state index in [1.807, 2.05) is 34.1 Å². The van der Waals surface area contributed by atoms with Crippen LogP contribution in [-0.2, 0) is 9.59 Å². The Bertz CT molecular complexity index is 672. The molecule has 2 heterocycles. The quantitative estimate of drug-likeness (QED) is 0.866. The highest BCUT2D eigenvalue weighted by Gasteiger charge is 2.50. The first-order valence-corrected chi connectivity index (χ1v) is 8.71. The van der Waals surface area contributed by atoms with Crippen molar-refractivity contribution in [2.75, 3.05) is 26.7 Å². The molecular weight excluding hydrogens is 354 g/mol. The molecule has 2 N–H and O–H groups in total. The van der Waals surface area contributed by atoms with E-state index in [1.165, 1.54) is 0 Å². The Labute approximate surface area is 161 Å². The van der Waals surface area contributed by atoms with Gasteiger partial charge in [0, 0.05) is 38.4 Å². The number of nitrogens with two attached hydrogens (primary N) is 1. The number of benzene rings is 1. The lowest BCUT2D eigenvalue weighted by Gasteiger charge is -2.31. The highest BCUT2D eigenvalue weighted by Crippen LogP contribution is 2.45. The minimum Gasteiger partial charge on any atom is -0.497 e. The van der Waals surface area contributed by atoms with Gasteiger partial charge in [-0.15, -0.1) is 12.4 Å². The molecule has 1 aromatic rings. The van der Waals surface area contributed by atoms with E-state index in [-0.39, 0.29) is 36.2 Å². The van der Waals surface area contributed by atoms with Gasteiger partial charge in [0.05, 0.1) is 18.7 Å². The highest BCUT2D eigenvalue weighted by atomic mass is 35.5. The molecule has 0 unspecified atom stereocenters. The summed E-state index contributed by atoms with van der Waals surface area (Å²) in [6.45, 7) is 7.10. The third kappa shape index (κ3) is 3.67. The zero-order chi connectivity index (χ0) is 18.4. The lowest BCUT2D eigenvalue weighted by atomic mass is 9.89. The summed E-state index contributed by atoms with van der Waals surface area (Å²) in [5.74, 6) is 1.38. The maximum Gasteiger partial charge on any atom is 0.242 e. The minimum atomic E-state index is -0.867. The molecule has 2 saturated heterocycles. The first kappa shape index (κ1) is 20.5. The molecule has 0 radical (unpaired) electrons. The third-order valence-electron chi connectivity index (χ3n) is 5.36. The predicted molar refractivity (Wildman–Crippen MR) is 102 cm³/mol. The number of hydrogen-bond acceptors (Lipinski definition) is 4. The molecule has 2 aliphatic rings. The number of carbonyl (C=O) groups excluding carboxylic acids is 2. The van der Waals surface area contributed by atoms with Gasteiger partial charge in [-0.1, -0.05) is 12.1 Å². The van der Waals surface area contributed by atoms with Crippen molar-refractivity contribution in [2.24, 2.45) is 17.6 Å². The van der Waals surface area contributed by atoms with Gasteiger partial charge in [0.1, 0.15) is 5.75 Å². The Morgan fingerprint density at radius 3 is 2.27 bits per heavy atom. The highest BCUT2D eigenvalue weighted by molar-refractivity contribution is 5.86. The molecule has 0 aliphatic carbocycles. The van der Waals surface area contributed by atoms with Crippen molar-refractivity contribution in [3.63, 3.8) is 0 Å². The summed E-state index contributed by atoms with van der Waals surface area (Å²) in [6.07, 6.45) is 0. The molecule has 0 aromatic heterocycles. The van der Waals surface area contributed by atoms with Crippen LogP contribution in [0.1, 0.15) is 32.4 Å². The van der Waals surface area contributed by atoms with Crippen molar-refractivity contribution >= 4 is 24.2 Å². The van der Waals surface area contributed by atoms with Crippen LogP contribution in [0, 0.1) is 11.8 Å². The largest absolute Gasteiger partial charge is 0.497 e. The molecule has 1 aromatic carbocycles. The minimum absolute atomic E-state index is 0. The number of carbonyl (C=O) groups is 2. The third-order valence-corrected chi connectivity index (χ3v) is 5.36. The molecule has 7 heteroatoms. The van der Waals surface area contributed by atoms with Crippen LogP contribution in [0.3, 0.4) is 0 Å². The van der Waals surface area contributed by atoms with Crippen molar-refractivity contribution in [3.05, 3.63) is 29.8 Å². The summed E-state index contributed by atoms with van der Waals surface area (Å²) >= 11 is 0. The second-order valence-corrected chi connectivity index (χ2v) is 7.75. The monoisotopic (exact) mass is 381 g/mol. The van der Waals surface area contributed by atoms with Gasteiger partial charge in [0.15, 0.2) is 0 Å². The van der Waals surface area contributed by atoms with Gasteiger partial charge in [-0.25, -0.2) is 0 Å². The van der Waals surface area contributed by atoms with Gasteiger partial charge in [-0.3, -0.25) is 9.59 Å². The molecule has 0 saturated carbocycles. The Morgan fingerprint density at radius 1 is 1.15 bits per heavy atom. The molecule has 26 heavy (non-hydrogen) atoms. The van der Waals surface area contributed by atoms with Crippen LogP contribution in [0.2, 0.25) is 0 Å². The fourth-order valence-electron chi connectivity index (χ4n) is 4.17. The topological polar surface area (TPSA) is 75.9 Å². The number of likely N-dealkylation sites (tertiary alicyclic amines) is 2. The SMILES string of the molecule is COc1ccc([C@H]2[C@@H]3CN(C(=O)C(C)(C)N)C[C@@H]3CN2C(C)=O)cc1.Cl. The van der Waals surface area contributed by atoms with Crippen LogP contribution in [-0.4, -0.2) is 53.9 Å². The number of fused-ring (bicyclic) bond motifs is 1. The molecule has 144 valence electrons. The average Bonchev–Trinajstić information content (AvgIpc) is 3.10. The van der Waals surface area contributed by atoms with Gasteiger partial charge in [-0.2, -0.15) is 0 Å². The molecule has 2 fully saturated rings. The van der Waals surface area contributed by atoms with Crippen LogP contribution < -0.4 is 10.5 Å². The van der Waals surface area contributed by atoms with E-state index >= 15 is 0 Å². The van der Waals surface area contributed by atoms with Crippen molar-refractivity contribution in [1.82, 2.24) is 9.80 Å². The fraction of sp³-hybridized carbons (Fsp3) is 0.579. The summed E-state index contributed by atoms with van der Waals surface area (Å²) in [4.78, 5) is 28.5. The Morgan fingerprint density at radius 2 is 1.77 bits per heavy atom. The maximum atomic E-state index is 12.5. The van der Waals surface area contributed by atoms with Gasteiger partial charge in [-0.05, 0) is 31.5 Å². The molecule has 6 nitrogen and oxygen atoms in total. The molecule has 0 spiro atoms. The number of amides is 2. The van der Waals surface area contributed by atoms with E-state index < -0.39 is 5.54 Å². The number of ether oxygens (including phenoxy) is 1. The second kappa shape index (κ2) is 7.45. The normalized spacial score (nSPS) is 24.9. The first-order valence-electron chi connectivity index (χ1n) is 8.71. The van der Waals surface area contributed by atoms with Crippen molar-refractivity contribution in [1.29, 1.82) is 0 Å². The molecular formula is C19H28ClN3O3. The van der Waals surface area contributed by atoms with E-state index in [0.717, 1.165) is 11.3 Å². The van der Waals surface area contributed by atoms with Crippen molar-refractivity contribution < 1.29 is 14.3 Å². The zero-order valence-corrected chi connectivity index (χ0v) is 16.6. The number of halogens is 1. The number of methoxy groups -OCH3 is 1. The number of nitrogens with zero attached hydrogens (tertiary/aromatic N) is 2. The smallest absolute Gasteiger partial charge is 0.242 e. The standard InChI is InChI=1S/C19H27N3O3.ClH/c1-12(23)22-10-14-9-21(18(24)19(2,3)20)11-16(14)17(22)13-5-7-15(25-4)8-6-13;/h5-8,14,16-17H,9-11,20H2,1-4H3;1H/t14-,16-,17+;/m1./s1. The summed E-state index contributed by atoms with van der Waals surface area (Å²) in [5.41, 5.74) is 6.21. The van der Waals surface area contributed by atoms with E-state index in [1.54, 1.807) is 27.9 Å². The summed E-state index contributed by atoms with van der Waals surface area (Å²) < 4.78 is 5.23. The van der Waals surface area contributed by atoms with Crippen LogP contribution >= 0.6 is 12.4 Å². The van der Waals surface area contributed by atoms with E-state index in [2.05, 4.69) is 0 Å². The average molecular weight is 382 g/mol. The molecule has 2 amide bonds. The van der Waals surface area contributed by atoms with Gasteiger partial charge in [0.25, 0.3) is 0 Å². The predicted octanol–water partition coefficient (Wildman–Crippen LogP) is 1.83. The van der Waals surface area contributed by atoms with E-state index in [4.69, 9.17) is 10.5 Å². The first-order chi connectivity index (χ1) is 11.7. The Hall–Kier alpha value is -1.79. The second-order valence-electron chi connectivity index (χ2n) is 7.75. The maximum absolute atomic E-state index is 12.5. The van der Waals surface area contributed by atoms with Gasteiger partial charge in [0.2, 0.25) is 11.8 Å². The van der Waals surface area contributed by atoms with Crippen molar-refractivity contribution in [2.45, 2.75) is 32.4 Å². The van der Waals surface area contributed by atoms with Gasteiger partial charge < -0.3 is 20.3 Å². The summed E-state index contributed by atoms with van der Waals surface area (Å²) in [7, 11) is 1.64. The zero-order valence-electron chi connectivity index (χ0n) is 15.8. The fourth-order valence-corrected chi connectivity index (χ4v) is 4.17. The van der Waals surface area contributed by atoms with Crippen LogP contribution in [0.4, 0.5) is 0 Å². The van der Waals surface area contributed by atoms with E-state index in [0.29, 0.717) is 25.6 Å². The van der Waals surface area contributed by atoms with Crippen molar-refractivity contribution in [3.8, 4) is 5.75 Å². The molecule has 3 atom stereocenters. The number of hydrogen-bond donors (Lipinski definition) is 1. The summed E-state index contributed by atoms with van der Waals surface area (Å²) in [5, 5.41) is 0. The molecule has 0 bridgehead atoms. The van der Waals surface area contributed by atoms with Crippen LogP contribution in [0.5, 0.6) is 5.75 Å². The molecule has 3 rings (SSSR count). The van der Waals surface area contributed by atoms with Crippen LogP contribution in [0.15, 0.2) is 24.3 Å². The Balaban J connectivity index is 0.00000243. The van der Waals surface area contributed by atoms with E-state index in [9.17, 15) is 9.59 Å².